The van der Waals surface area contributed by atoms with E-state index in [1.807, 2.05) is 20.8 Å². The molecule has 0 amide bonds. The van der Waals surface area contributed by atoms with Crippen LogP contribution in [0.15, 0.2) is 4.52 Å². The fraction of sp³-hybridized carbons (Fsp3) is 0.800. The smallest absolute Gasteiger partial charge is 0.307 e. The van der Waals surface area contributed by atoms with E-state index in [2.05, 4.69) is 17.1 Å². The Balaban J connectivity index is 2.25. The molecule has 1 N–H and O–H groups in total. The number of carbonyl (C=O) groups is 1. The Labute approximate surface area is 124 Å². The van der Waals surface area contributed by atoms with Gasteiger partial charge in [0, 0.05) is 7.11 Å². The van der Waals surface area contributed by atoms with Crippen molar-refractivity contribution in [2.75, 3.05) is 7.11 Å². The molecule has 4 atom stereocenters. The van der Waals surface area contributed by atoms with Crippen LogP contribution in [0.25, 0.3) is 0 Å². The quantitative estimate of drug-likeness (QED) is 0.919. The summed E-state index contributed by atoms with van der Waals surface area (Å²) in [6.07, 6.45) is 1.15. The molecule has 118 valence electrons. The summed E-state index contributed by atoms with van der Waals surface area (Å²) in [6, 6.07) is 0. The largest absolute Gasteiger partial charge is 0.481 e. The van der Waals surface area contributed by atoms with Crippen LogP contribution in [0, 0.1) is 17.3 Å². The van der Waals surface area contributed by atoms with Crippen molar-refractivity contribution in [3.8, 4) is 0 Å². The lowest BCUT2D eigenvalue weighted by Gasteiger charge is -2.26. The van der Waals surface area contributed by atoms with Gasteiger partial charge >= 0.3 is 5.97 Å². The van der Waals surface area contributed by atoms with Gasteiger partial charge < -0.3 is 14.4 Å². The number of aromatic nitrogens is 2. The predicted octanol–water partition coefficient (Wildman–Crippen LogP) is 3.02. The Kier molecular flexibility index (Phi) is 4.37. The first-order chi connectivity index (χ1) is 9.74. The second-order valence-electron chi connectivity index (χ2n) is 7.10. The molecule has 1 fully saturated rings. The van der Waals surface area contributed by atoms with Crippen molar-refractivity contribution >= 4 is 5.97 Å². The molecule has 0 aliphatic heterocycles. The Morgan fingerprint density at radius 2 is 2.10 bits per heavy atom. The number of ether oxygens (including phenoxy) is 1. The van der Waals surface area contributed by atoms with Crippen molar-refractivity contribution in [2.24, 2.45) is 17.3 Å². The monoisotopic (exact) mass is 296 g/mol. The van der Waals surface area contributed by atoms with E-state index in [4.69, 9.17) is 9.26 Å². The van der Waals surface area contributed by atoms with E-state index < -0.39 is 11.9 Å². The van der Waals surface area contributed by atoms with Gasteiger partial charge in [0.15, 0.2) is 0 Å². The van der Waals surface area contributed by atoms with Gasteiger partial charge in [-0.05, 0) is 24.2 Å². The van der Waals surface area contributed by atoms with Crippen molar-refractivity contribution in [2.45, 2.75) is 52.6 Å². The van der Waals surface area contributed by atoms with E-state index in [0.717, 1.165) is 6.42 Å². The molecular weight excluding hydrogens is 272 g/mol. The lowest BCUT2D eigenvalue weighted by Crippen LogP contribution is -2.21. The molecule has 6 nitrogen and oxygen atoms in total. The van der Waals surface area contributed by atoms with Crippen molar-refractivity contribution < 1.29 is 19.2 Å². The summed E-state index contributed by atoms with van der Waals surface area (Å²) in [5.74, 6) is -0.160. The lowest BCUT2D eigenvalue weighted by atomic mass is 9.88. The van der Waals surface area contributed by atoms with Gasteiger partial charge in [-0.1, -0.05) is 32.9 Å². The Hall–Kier alpha value is -1.43. The van der Waals surface area contributed by atoms with Gasteiger partial charge in [0.05, 0.1) is 11.8 Å². The van der Waals surface area contributed by atoms with Crippen LogP contribution in [0.4, 0.5) is 0 Å². The first-order valence-corrected chi connectivity index (χ1v) is 7.33. The zero-order chi connectivity index (χ0) is 15.8. The van der Waals surface area contributed by atoms with Gasteiger partial charge in [-0.3, -0.25) is 4.79 Å². The molecule has 0 bridgehead atoms. The highest BCUT2D eigenvalue weighted by atomic mass is 16.5. The van der Waals surface area contributed by atoms with Crippen LogP contribution < -0.4 is 0 Å². The minimum atomic E-state index is -0.789. The number of hydrogen-bond donors (Lipinski definition) is 1. The fourth-order valence-electron chi connectivity index (χ4n) is 3.19. The highest BCUT2D eigenvalue weighted by Crippen LogP contribution is 2.43. The van der Waals surface area contributed by atoms with Gasteiger partial charge in [0.1, 0.15) is 6.10 Å². The molecule has 1 aromatic heterocycles. The molecule has 0 saturated heterocycles. The maximum absolute atomic E-state index is 11.4. The molecule has 1 aliphatic carbocycles. The second kappa shape index (κ2) is 5.75. The molecule has 4 unspecified atom stereocenters. The minimum absolute atomic E-state index is 0.162. The maximum atomic E-state index is 11.4. The third kappa shape index (κ3) is 3.26. The van der Waals surface area contributed by atoms with E-state index in [1.165, 1.54) is 0 Å². The predicted molar refractivity (Wildman–Crippen MR) is 75.8 cm³/mol. The third-order valence-electron chi connectivity index (χ3n) is 4.15. The van der Waals surface area contributed by atoms with Gasteiger partial charge in [0.2, 0.25) is 11.7 Å². The van der Waals surface area contributed by atoms with Crippen LogP contribution in [0.1, 0.15) is 64.3 Å². The number of carboxylic acids is 1. The summed E-state index contributed by atoms with van der Waals surface area (Å²) >= 11 is 0. The lowest BCUT2D eigenvalue weighted by molar-refractivity contribution is -0.142. The standard InChI is InChI=1S/C15H24N2O4/c1-8-6-9(10(7-8)14(18)19)13-16-12(17-21-13)11(20-5)15(2,3)4/h8-11H,6-7H2,1-5H3,(H,18,19). The molecule has 1 aliphatic rings. The van der Waals surface area contributed by atoms with Crippen molar-refractivity contribution in [3.63, 3.8) is 0 Å². The van der Waals surface area contributed by atoms with E-state index in [0.29, 0.717) is 24.1 Å². The highest BCUT2D eigenvalue weighted by molar-refractivity contribution is 5.71. The molecule has 6 heteroatoms. The van der Waals surface area contributed by atoms with E-state index in [1.54, 1.807) is 7.11 Å². The van der Waals surface area contributed by atoms with E-state index in [9.17, 15) is 9.90 Å². The first kappa shape index (κ1) is 15.9. The topological polar surface area (TPSA) is 85.5 Å². The minimum Gasteiger partial charge on any atom is -0.481 e. The molecule has 0 radical (unpaired) electrons. The van der Waals surface area contributed by atoms with E-state index >= 15 is 0 Å². The van der Waals surface area contributed by atoms with Crippen LogP contribution in [-0.2, 0) is 9.53 Å². The molecule has 1 heterocycles. The molecule has 2 rings (SSSR count). The van der Waals surface area contributed by atoms with Crippen LogP contribution >= 0.6 is 0 Å². The van der Waals surface area contributed by atoms with Crippen LogP contribution in [0.5, 0.6) is 0 Å². The van der Waals surface area contributed by atoms with Crippen LogP contribution in [0.3, 0.4) is 0 Å². The Bertz CT molecular complexity index is 506. The number of carboxylic acid groups (broad SMARTS) is 1. The summed E-state index contributed by atoms with van der Waals surface area (Å²) in [5, 5.41) is 13.4. The summed E-state index contributed by atoms with van der Waals surface area (Å²) in [6.45, 7) is 8.17. The molecule has 0 spiro atoms. The van der Waals surface area contributed by atoms with Gasteiger partial charge in [-0.25, -0.2) is 0 Å². The Morgan fingerprint density at radius 3 is 2.62 bits per heavy atom. The van der Waals surface area contributed by atoms with Crippen molar-refractivity contribution in [1.82, 2.24) is 10.1 Å². The summed E-state index contributed by atoms with van der Waals surface area (Å²) < 4.78 is 10.8. The van der Waals surface area contributed by atoms with Gasteiger partial charge in [-0.15, -0.1) is 0 Å². The van der Waals surface area contributed by atoms with Gasteiger partial charge in [-0.2, -0.15) is 4.98 Å². The van der Waals surface area contributed by atoms with E-state index in [-0.39, 0.29) is 17.4 Å². The third-order valence-corrected chi connectivity index (χ3v) is 4.15. The zero-order valence-corrected chi connectivity index (χ0v) is 13.3. The number of hydrogen-bond acceptors (Lipinski definition) is 5. The molecule has 1 aromatic rings. The fourth-order valence-corrected chi connectivity index (χ4v) is 3.19. The molecule has 0 aromatic carbocycles. The van der Waals surface area contributed by atoms with Crippen LogP contribution in [-0.4, -0.2) is 28.3 Å². The average Bonchev–Trinajstić information content (AvgIpc) is 2.94. The number of methoxy groups -OCH3 is 1. The second-order valence-corrected chi connectivity index (χ2v) is 7.10. The Morgan fingerprint density at radius 1 is 1.43 bits per heavy atom. The zero-order valence-electron chi connectivity index (χ0n) is 13.3. The maximum Gasteiger partial charge on any atom is 0.307 e. The normalized spacial score (nSPS) is 27.8. The summed E-state index contributed by atoms with van der Waals surface area (Å²) in [5.41, 5.74) is -0.162. The summed E-state index contributed by atoms with van der Waals surface area (Å²) in [4.78, 5) is 15.8. The number of rotatable bonds is 4. The SMILES string of the molecule is COC(c1noc(C2CC(C)CC2C(=O)O)n1)C(C)(C)C. The highest BCUT2D eigenvalue weighted by Gasteiger charge is 2.42. The number of aliphatic carboxylic acids is 1. The molecule has 1 saturated carbocycles. The molecular formula is C15H24N2O4. The van der Waals surface area contributed by atoms with Crippen molar-refractivity contribution in [3.05, 3.63) is 11.7 Å². The first-order valence-electron chi connectivity index (χ1n) is 7.33. The average molecular weight is 296 g/mol. The van der Waals surface area contributed by atoms with Crippen LogP contribution in [0.2, 0.25) is 0 Å². The molecule has 21 heavy (non-hydrogen) atoms. The van der Waals surface area contributed by atoms with Crippen molar-refractivity contribution in [1.29, 1.82) is 0 Å². The van der Waals surface area contributed by atoms with Gasteiger partial charge in [0.25, 0.3) is 0 Å². The summed E-state index contributed by atoms with van der Waals surface area (Å²) in [7, 11) is 1.61. The number of nitrogens with zero attached hydrogens (tertiary/aromatic N) is 2.